The number of fused-ring (bicyclic) bond motifs is 1. The molecule has 1 N–H and O–H groups in total. The number of halogens is 1. The number of hydrogen-bond donors (Lipinski definition) is 1. The van der Waals surface area contributed by atoms with Crippen LogP contribution in [0.3, 0.4) is 0 Å². The third kappa shape index (κ3) is 4.51. The highest BCUT2D eigenvalue weighted by Crippen LogP contribution is 2.59. The van der Waals surface area contributed by atoms with Gasteiger partial charge in [0.15, 0.2) is 0 Å². The first kappa shape index (κ1) is 23.4. The van der Waals surface area contributed by atoms with Crippen LogP contribution in [-0.2, 0) is 19.0 Å². The Morgan fingerprint density at radius 1 is 1.11 bits per heavy atom. The lowest BCUT2D eigenvalue weighted by molar-refractivity contribution is -0.118. The van der Waals surface area contributed by atoms with E-state index in [1.807, 2.05) is 12.1 Å². The number of benzene rings is 1. The van der Waals surface area contributed by atoms with Crippen LogP contribution in [0, 0.1) is 11.3 Å². The predicted octanol–water partition coefficient (Wildman–Crippen LogP) is 3.18. The number of nitrogens with zero attached hydrogens (tertiary/aromatic N) is 3. The molecule has 3 aliphatic heterocycles. The van der Waals surface area contributed by atoms with Crippen LogP contribution in [0.5, 0.6) is 0 Å². The second-order valence-corrected chi connectivity index (χ2v) is 10.8. The van der Waals surface area contributed by atoms with Gasteiger partial charge in [0.1, 0.15) is 5.82 Å². The van der Waals surface area contributed by atoms with Crippen LogP contribution in [-0.4, -0.2) is 87.7 Å². The maximum atomic E-state index is 12.9. The van der Waals surface area contributed by atoms with Gasteiger partial charge >= 0.3 is 0 Å². The second-order valence-electron chi connectivity index (χ2n) is 10.3. The van der Waals surface area contributed by atoms with Gasteiger partial charge in [-0.15, -0.1) is 0 Å². The minimum atomic E-state index is 0.0731. The highest BCUT2D eigenvalue weighted by molar-refractivity contribution is 6.34. The van der Waals surface area contributed by atoms with E-state index < -0.39 is 0 Å². The van der Waals surface area contributed by atoms with Crippen molar-refractivity contribution in [3.05, 3.63) is 29.4 Å². The molecule has 1 saturated carbocycles. The van der Waals surface area contributed by atoms with Crippen molar-refractivity contribution in [2.24, 2.45) is 11.3 Å². The molecule has 0 radical (unpaired) electrons. The van der Waals surface area contributed by atoms with Gasteiger partial charge < -0.3 is 24.4 Å². The van der Waals surface area contributed by atoms with E-state index in [9.17, 15) is 4.79 Å². The van der Waals surface area contributed by atoms with Crippen molar-refractivity contribution >= 4 is 39.8 Å². The van der Waals surface area contributed by atoms with Crippen LogP contribution >= 0.6 is 11.6 Å². The largest absolute Gasteiger partial charge is 0.381 e. The fourth-order valence-corrected chi connectivity index (χ4v) is 6.40. The zero-order valence-corrected chi connectivity index (χ0v) is 20.9. The first-order valence-electron chi connectivity index (χ1n) is 12.6. The smallest absolute Gasteiger partial charge is 0.229 e. The molecule has 1 aliphatic carbocycles. The minimum Gasteiger partial charge on any atom is -0.381 e. The highest BCUT2D eigenvalue weighted by Gasteiger charge is 2.58. The van der Waals surface area contributed by atoms with Crippen LogP contribution in [0.15, 0.2) is 24.4 Å². The SMILES string of the molecule is CO[C@@H]1COC[C@@H]1N1CCN(c2cc3cc(NC(=O)C4CC45CCOCC5)ncc3cc2Cl)CC1. The topological polar surface area (TPSA) is 76.2 Å². The third-order valence-corrected chi connectivity index (χ3v) is 8.76. The summed E-state index contributed by atoms with van der Waals surface area (Å²) in [7, 11) is 1.76. The lowest BCUT2D eigenvalue weighted by atomic mass is 9.93. The van der Waals surface area contributed by atoms with Crippen molar-refractivity contribution in [2.75, 3.05) is 69.9 Å². The molecule has 6 rings (SSSR count). The number of methoxy groups -OCH3 is 1. The Bertz CT molecular complexity index is 1100. The van der Waals surface area contributed by atoms with E-state index in [1.54, 1.807) is 13.3 Å². The number of anilines is 2. The molecule has 0 bridgehead atoms. The zero-order chi connectivity index (χ0) is 24.0. The minimum absolute atomic E-state index is 0.0731. The second kappa shape index (κ2) is 9.48. The number of ether oxygens (including phenoxy) is 3. The van der Waals surface area contributed by atoms with E-state index in [2.05, 4.69) is 26.2 Å². The zero-order valence-electron chi connectivity index (χ0n) is 20.2. The molecule has 4 heterocycles. The van der Waals surface area contributed by atoms with Crippen LogP contribution in [0.2, 0.25) is 5.02 Å². The molecule has 4 fully saturated rings. The predicted molar refractivity (Wildman–Crippen MR) is 135 cm³/mol. The van der Waals surface area contributed by atoms with Crippen molar-refractivity contribution in [1.82, 2.24) is 9.88 Å². The van der Waals surface area contributed by atoms with Gasteiger partial charge in [0.2, 0.25) is 5.91 Å². The molecule has 9 heteroatoms. The molecule has 35 heavy (non-hydrogen) atoms. The van der Waals surface area contributed by atoms with Gasteiger partial charge in [-0.25, -0.2) is 4.98 Å². The van der Waals surface area contributed by atoms with Crippen molar-refractivity contribution in [3.8, 4) is 0 Å². The highest BCUT2D eigenvalue weighted by atomic mass is 35.5. The Hall–Kier alpha value is -1.97. The lowest BCUT2D eigenvalue weighted by Gasteiger charge is -2.40. The first-order valence-corrected chi connectivity index (χ1v) is 13.0. The summed E-state index contributed by atoms with van der Waals surface area (Å²) in [4.78, 5) is 22.2. The van der Waals surface area contributed by atoms with Crippen molar-refractivity contribution in [1.29, 1.82) is 0 Å². The molecular weight excluding hydrogens is 468 g/mol. The van der Waals surface area contributed by atoms with E-state index in [0.717, 1.165) is 86.7 Å². The molecule has 1 spiro atoms. The fraction of sp³-hybridized carbons (Fsp3) is 0.615. The maximum absolute atomic E-state index is 12.9. The molecule has 1 unspecified atom stereocenters. The number of hydrogen-bond acceptors (Lipinski definition) is 7. The molecular formula is C26H33ClN4O4. The number of piperazine rings is 1. The standard InChI is InChI=1S/C26H33ClN4O4/c1-33-23-16-35-15-22(23)31-6-4-30(5-7-31)21-11-17-12-24(28-14-18(17)10-20(21)27)29-25(32)19-13-26(19)2-8-34-9-3-26/h10-12,14,19,22-23H,2-9,13,15-16H2,1H3,(H,28,29,32)/t19?,22-,23+/m0/s1. The first-order chi connectivity index (χ1) is 17.1. The number of carbonyl (C=O) groups excluding carboxylic acids is 1. The molecule has 3 saturated heterocycles. The summed E-state index contributed by atoms with van der Waals surface area (Å²) in [6.45, 7) is 6.57. The van der Waals surface area contributed by atoms with Crippen LogP contribution in [0.25, 0.3) is 10.8 Å². The van der Waals surface area contributed by atoms with Gasteiger partial charge in [-0.2, -0.15) is 0 Å². The normalized spacial score (nSPS) is 28.5. The van der Waals surface area contributed by atoms with Gasteiger partial charge in [0.25, 0.3) is 0 Å². The van der Waals surface area contributed by atoms with E-state index >= 15 is 0 Å². The maximum Gasteiger partial charge on any atom is 0.229 e. The lowest BCUT2D eigenvalue weighted by Crippen LogP contribution is -2.54. The summed E-state index contributed by atoms with van der Waals surface area (Å²) in [6.07, 6.45) is 4.85. The number of carbonyl (C=O) groups is 1. The average molecular weight is 501 g/mol. The van der Waals surface area contributed by atoms with E-state index in [4.69, 9.17) is 25.8 Å². The van der Waals surface area contributed by atoms with Crippen LogP contribution < -0.4 is 10.2 Å². The Morgan fingerprint density at radius 2 is 1.91 bits per heavy atom. The van der Waals surface area contributed by atoms with E-state index in [1.165, 1.54) is 0 Å². The van der Waals surface area contributed by atoms with Gasteiger partial charge in [-0.1, -0.05) is 11.6 Å². The molecule has 188 valence electrons. The molecule has 4 aliphatic rings. The monoisotopic (exact) mass is 500 g/mol. The van der Waals surface area contributed by atoms with Gasteiger partial charge in [-0.3, -0.25) is 9.69 Å². The molecule has 1 aromatic heterocycles. The fourth-order valence-electron chi connectivity index (χ4n) is 6.11. The van der Waals surface area contributed by atoms with Crippen LogP contribution in [0.1, 0.15) is 19.3 Å². The number of rotatable bonds is 5. The average Bonchev–Trinajstić information content (AvgIpc) is 3.34. The van der Waals surface area contributed by atoms with E-state index in [0.29, 0.717) is 18.5 Å². The quantitative estimate of drug-likeness (QED) is 0.675. The van der Waals surface area contributed by atoms with Gasteiger partial charge in [-0.05, 0) is 48.3 Å². The van der Waals surface area contributed by atoms with Crippen molar-refractivity contribution in [2.45, 2.75) is 31.4 Å². The number of nitrogens with one attached hydrogen (secondary N) is 1. The van der Waals surface area contributed by atoms with Crippen molar-refractivity contribution in [3.63, 3.8) is 0 Å². The summed E-state index contributed by atoms with van der Waals surface area (Å²) in [5.41, 5.74) is 1.17. The van der Waals surface area contributed by atoms with Gasteiger partial charge in [0, 0.05) is 64.0 Å². The molecule has 3 atom stereocenters. The summed E-state index contributed by atoms with van der Waals surface area (Å²) in [5.74, 6) is 0.750. The summed E-state index contributed by atoms with van der Waals surface area (Å²) in [6, 6.07) is 6.37. The summed E-state index contributed by atoms with van der Waals surface area (Å²) in [5, 5.41) is 5.78. The van der Waals surface area contributed by atoms with Crippen LogP contribution in [0.4, 0.5) is 11.5 Å². The molecule has 1 amide bonds. The number of amides is 1. The third-order valence-electron chi connectivity index (χ3n) is 8.46. The van der Waals surface area contributed by atoms with Gasteiger partial charge in [0.05, 0.1) is 36.1 Å². The summed E-state index contributed by atoms with van der Waals surface area (Å²) < 4.78 is 16.7. The Kier molecular flexibility index (Phi) is 6.35. The van der Waals surface area contributed by atoms with Crippen molar-refractivity contribution < 1.29 is 19.0 Å². The Balaban J connectivity index is 1.14. The Morgan fingerprint density at radius 3 is 2.69 bits per heavy atom. The number of aromatic nitrogens is 1. The summed E-state index contributed by atoms with van der Waals surface area (Å²) >= 11 is 6.70. The molecule has 1 aromatic carbocycles. The molecule has 2 aromatic rings. The Labute approximate surface area is 210 Å². The van der Waals surface area contributed by atoms with E-state index in [-0.39, 0.29) is 23.3 Å². The number of pyridine rings is 1. The molecule has 8 nitrogen and oxygen atoms in total.